The first-order chi connectivity index (χ1) is 16.2. The largest absolute Gasteiger partial charge is 0.362 e. The van der Waals surface area contributed by atoms with E-state index in [2.05, 4.69) is 59.1 Å². The van der Waals surface area contributed by atoms with Crippen LogP contribution in [0, 0.1) is 0 Å². The Hall–Kier alpha value is -3.68. The van der Waals surface area contributed by atoms with Crippen molar-refractivity contribution in [3.63, 3.8) is 0 Å². The van der Waals surface area contributed by atoms with Crippen LogP contribution >= 0.6 is 0 Å². The van der Waals surface area contributed by atoms with E-state index < -0.39 is 0 Å². The maximum atomic E-state index is 6.05. The summed E-state index contributed by atoms with van der Waals surface area (Å²) in [5.41, 5.74) is 16.6. The molecule has 0 aliphatic carbocycles. The van der Waals surface area contributed by atoms with Crippen LogP contribution in [0.2, 0.25) is 0 Å². The van der Waals surface area contributed by atoms with Crippen LogP contribution in [0.25, 0.3) is 0 Å². The van der Waals surface area contributed by atoms with Gasteiger partial charge in [0.15, 0.2) is 13.1 Å². The Kier molecular flexibility index (Phi) is 7.68. The lowest BCUT2D eigenvalue weighted by molar-refractivity contribution is -0.769. The van der Waals surface area contributed by atoms with Gasteiger partial charge in [-0.25, -0.2) is 0 Å². The van der Waals surface area contributed by atoms with E-state index in [1.165, 1.54) is 11.1 Å². The number of nitrogens with two attached hydrogens (primary N) is 2. The highest BCUT2D eigenvalue weighted by Crippen LogP contribution is 2.14. The van der Waals surface area contributed by atoms with Crippen molar-refractivity contribution in [2.75, 3.05) is 11.5 Å². The van der Waals surface area contributed by atoms with Crippen molar-refractivity contribution in [3.05, 3.63) is 83.2 Å². The SMILES string of the molecule is Nc1on[n+](CCCc2ccccc2)c1CCCc1c(N)on[n+]1CCCc1ccccc1. The lowest BCUT2D eigenvalue weighted by Gasteiger charge is -1.99. The van der Waals surface area contributed by atoms with Crippen LogP contribution in [0.4, 0.5) is 11.8 Å². The van der Waals surface area contributed by atoms with E-state index in [-0.39, 0.29) is 0 Å². The molecular formula is C25H32N6O2+2. The van der Waals surface area contributed by atoms with Gasteiger partial charge in [0.05, 0.1) is 0 Å². The fourth-order valence-corrected chi connectivity index (χ4v) is 4.08. The zero-order valence-electron chi connectivity index (χ0n) is 18.9. The Bertz CT molecular complexity index is 1030. The quantitative estimate of drug-likeness (QED) is 0.322. The number of aromatic nitrogens is 4. The standard InChI is InChI=1S/C25H32N6O2/c26-24-22(30(28-32-24)18-8-14-20-10-3-1-4-11-20)16-7-17-23-25(27)33-29-31(23)19-9-15-21-12-5-2-6-13-21/h1-6,10-13H,7-9,14-19,26-27H2/q+2. The first kappa shape index (κ1) is 22.5. The van der Waals surface area contributed by atoms with Crippen molar-refractivity contribution in [3.8, 4) is 0 Å². The Balaban J connectivity index is 1.28. The maximum Gasteiger partial charge on any atom is 0.296 e. The summed E-state index contributed by atoms with van der Waals surface area (Å²) in [6, 6.07) is 20.9. The third-order valence-electron chi connectivity index (χ3n) is 5.85. The van der Waals surface area contributed by atoms with Crippen LogP contribution in [-0.2, 0) is 38.8 Å². The molecule has 0 saturated heterocycles. The topological polar surface area (TPSA) is 112 Å². The van der Waals surface area contributed by atoms with Crippen LogP contribution in [0.15, 0.2) is 69.7 Å². The van der Waals surface area contributed by atoms with Gasteiger partial charge in [0, 0.05) is 25.7 Å². The third-order valence-corrected chi connectivity index (χ3v) is 5.85. The Morgan fingerprint density at radius 1 is 0.576 bits per heavy atom. The summed E-state index contributed by atoms with van der Waals surface area (Å²) in [5, 5.41) is 8.25. The molecule has 2 aromatic heterocycles. The van der Waals surface area contributed by atoms with Gasteiger partial charge in [0.2, 0.25) is 10.5 Å². The molecule has 0 fully saturated rings. The number of nitrogen functional groups attached to an aromatic ring is 2. The van der Waals surface area contributed by atoms with Crippen molar-refractivity contribution >= 4 is 11.8 Å². The summed E-state index contributed by atoms with van der Waals surface area (Å²) in [5.74, 6) is 0.757. The summed E-state index contributed by atoms with van der Waals surface area (Å²) in [7, 11) is 0. The second-order valence-corrected chi connectivity index (χ2v) is 8.25. The number of hydrogen-bond acceptors (Lipinski definition) is 6. The van der Waals surface area contributed by atoms with Gasteiger partial charge in [0.25, 0.3) is 23.2 Å². The van der Waals surface area contributed by atoms with Gasteiger partial charge in [-0.3, -0.25) is 9.05 Å². The summed E-state index contributed by atoms with van der Waals surface area (Å²) >= 11 is 0. The van der Waals surface area contributed by atoms with Crippen LogP contribution in [0.3, 0.4) is 0 Å². The van der Waals surface area contributed by atoms with Crippen LogP contribution in [0.5, 0.6) is 0 Å². The number of anilines is 2. The zero-order chi connectivity index (χ0) is 22.9. The fraction of sp³-hybridized carbons (Fsp3) is 0.360. The molecule has 0 atom stereocenters. The summed E-state index contributed by atoms with van der Waals surface area (Å²) in [6.45, 7) is 1.53. The first-order valence-corrected chi connectivity index (χ1v) is 11.6. The van der Waals surface area contributed by atoms with E-state index in [9.17, 15) is 0 Å². The zero-order valence-corrected chi connectivity index (χ0v) is 18.9. The van der Waals surface area contributed by atoms with E-state index in [0.29, 0.717) is 11.8 Å². The van der Waals surface area contributed by atoms with Crippen molar-refractivity contribution in [1.82, 2.24) is 10.5 Å². The van der Waals surface area contributed by atoms with Gasteiger partial charge in [-0.15, -0.1) is 0 Å². The number of hydrogen-bond donors (Lipinski definition) is 2. The molecule has 0 unspecified atom stereocenters. The van der Waals surface area contributed by atoms with E-state index in [4.69, 9.17) is 20.5 Å². The van der Waals surface area contributed by atoms with Gasteiger partial charge in [-0.1, -0.05) is 60.7 Å². The van der Waals surface area contributed by atoms with Crippen LogP contribution < -0.4 is 20.8 Å². The second kappa shape index (κ2) is 11.3. The molecule has 0 bridgehead atoms. The predicted molar refractivity (Wildman–Crippen MR) is 124 cm³/mol. The predicted octanol–water partition coefficient (Wildman–Crippen LogP) is 2.84. The van der Waals surface area contributed by atoms with Gasteiger partial charge >= 0.3 is 0 Å². The molecule has 0 aliphatic heterocycles. The van der Waals surface area contributed by atoms with Crippen molar-refractivity contribution in [2.45, 2.75) is 58.0 Å². The van der Waals surface area contributed by atoms with Crippen LogP contribution in [-0.4, -0.2) is 10.5 Å². The van der Waals surface area contributed by atoms with E-state index in [0.717, 1.165) is 69.4 Å². The molecule has 8 nitrogen and oxygen atoms in total. The van der Waals surface area contributed by atoms with E-state index in [1.807, 2.05) is 21.5 Å². The Morgan fingerprint density at radius 2 is 1.00 bits per heavy atom. The van der Waals surface area contributed by atoms with Gasteiger partial charge in [-0.05, 0) is 39.8 Å². The highest BCUT2D eigenvalue weighted by molar-refractivity contribution is 5.27. The second-order valence-electron chi connectivity index (χ2n) is 8.25. The lowest BCUT2D eigenvalue weighted by atomic mass is 10.1. The summed E-state index contributed by atoms with van der Waals surface area (Å²) < 4.78 is 14.3. The number of nitrogens with zero attached hydrogens (tertiary/aromatic N) is 4. The molecule has 2 heterocycles. The fourth-order valence-electron chi connectivity index (χ4n) is 4.08. The lowest BCUT2D eigenvalue weighted by Crippen LogP contribution is -2.41. The van der Waals surface area contributed by atoms with Gasteiger partial charge < -0.3 is 11.5 Å². The first-order valence-electron chi connectivity index (χ1n) is 11.6. The van der Waals surface area contributed by atoms with Crippen molar-refractivity contribution in [2.24, 2.45) is 0 Å². The molecule has 0 spiro atoms. The highest BCUT2D eigenvalue weighted by atomic mass is 16.5. The minimum Gasteiger partial charge on any atom is -0.362 e. The smallest absolute Gasteiger partial charge is 0.296 e. The summed E-state index contributed by atoms with van der Waals surface area (Å²) in [6.07, 6.45) is 6.24. The van der Waals surface area contributed by atoms with Crippen molar-refractivity contribution in [1.29, 1.82) is 0 Å². The number of benzene rings is 2. The van der Waals surface area contributed by atoms with E-state index >= 15 is 0 Å². The molecule has 0 aliphatic rings. The van der Waals surface area contributed by atoms with Gasteiger partial charge in [0.1, 0.15) is 0 Å². The van der Waals surface area contributed by atoms with Gasteiger partial charge in [-0.2, -0.15) is 0 Å². The molecule has 0 amide bonds. The molecule has 0 saturated carbocycles. The van der Waals surface area contributed by atoms with Crippen molar-refractivity contribution < 1.29 is 18.4 Å². The molecule has 4 N–H and O–H groups in total. The summed E-state index contributed by atoms with van der Waals surface area (Å²) in [4.78, 5) is 0. The molecule has 33 heavy (non-hydrogen) atoms. The number of rotatable bonds is 12. The maximum absolute atomic E-state index is 6.05. The Morgan fingerprint density at radius 3 is 1.42 bits per heavy atom. The normalized spacial score (nSPS) is 11.2. The minimum atomic E-state index is 0.378. The van der Waals surface area contributed by atoms with Crippen LogP contribution in [0.1, 0.15) is 41.8 Å². The van der Waals surface area contributed by atoms with E-state index in [1.54, 1.807) is 0 Å². The molecule has 2 aromatic carbocycles. The monoisotopic (exact) mass is 448 g/mol. The number of aryl methyl sites for hydroxylation is 4. The third kappa shape index (κ3) is 6.19. The molecule has 8 heteroatoms. The molecular weight excluding hydrogens is 416 g/mol. The minimum absolute atomic E-state index is 0.378. The molecule has 172 valence electrons. The molecule has 0 radical (unpaired) electrons. The average molecular weight is 449 g/mol. The molecule has 4 aromatic rings. The average Bonchev–Trinajstić information content (AvgIpc) is 3.37. The molecule has 4 rings (SSSR count). The Labute approximate surface area is 193 Å². The highest BCUT2D eigenvalue weighted by Gasteiger charge is 2.25.